The van der Waals surface area contributed by atoms with E-state index in [0.29, 0.717) is 45.5 Å². The highest BCUT2D eigenvalue weighted by Crippen LogP contribution is 2.29. The third-order valence-corrected chi connectivity index (χ3v) is 6.18. The maximum atomic E-state index is 16.2. The van der Waals surface area contributed by atoms with E-state index in [9.17, 15) is 0 Å². The van der Waals surface area contributed by atoms with Crippen LogP contribution in [0.25, 0.3) is 28.0 Å². The molecule has 4 aromatic heterocycles. The quantitative estimate of drug-likeness (QED) is 0.187. The number of nitrogens with one attached hydrogen (secondary N) is 3. The Hall–Kier alpha value is -4.59. The van der Waals surface area contributed by atoms with Gasteiger partial charge in [-0.2, -0.15) is 0 Å². The number of hydrogen-bond acceptors (Lipinski definition) is 6. The summed E-state index contributed by atoms with van der Waals surface area (Å²) in [5.74, 6) is 1.14. The number of aromatic nitrogens is 5. The van der Waals surface area contributed by atoms with Crippen LogP contribution in [0.15, 0.2) is 85.6 Å². The summed E-state index contributed by atoms with van der Waals surface area (Å²) in [6.45, 7) is 14.1. The van der Waals surface area contributed by atoms with Gasteiger partial charge in [0.25, 0.3) is 0 Å². The lowest BCUT2D eigenvalue weighted by Crippen LogP contribution is -2.12. The molecule has 0 radical (unpaired) electrons. The van der Waals surface area contributed by atoms with Crippen molar-refractivity contribution < 1.29 is 4.39 Å². The first kappa shape index (κ1) is 27.4. The van der Waals surface area contributed by atoms with Gasteiger partial charge in [0.1, 0.15) is 28.7 Å². The van der Waals surface area contributed by atoms with Crippen molar-refractivity contribution in [3.63, 3.8) is 0 Å². The van der Waals surface area contributed by atoms with E-state index in [1.54, 1.807) is 31.7 Å². The minimum Gasteiger partial charge on any atom is -0.373 e. The molecular formula is C31H34FN7. The van der Waals surface area contributed by atoms with Gasteiger partial charge in [-0.3, -0.25) is 9.97 Å². The van der Waals surface area contributed by atoms with Crippen LogP contribution in [0.5, 0.6) is 0 Å². The van der Waals surface area contributed by atoms with E-state index in [-0.39, 0.29) is 12.2 Å². The molecule has 0 aliphatic rings. The van der Waals surface area contributed by atoms with Gasteiger partial charge in [-0.05, 0) is 55.2 Å². The first-order valence-electron chi connectivity index (χ1n) is 12.9. The molecule has 200 valence electrons. The van der Waals surface area contributed by atoms with Gasteiger partial charge in [0.2, 0.25) is 0 Å². The molecule has 0 amide bonds. The van der Waals surface area contributed by atoms with Crippen molar-refractivity contribution in [3.8, 4) is 11.4 Å². The summed E-state index contributed by atoms with van der Waals surface area (Å²) in [6, 6.07) is 7.50. The molecular weight excluding hydrogens is 489 g/mol. The highest BCUT2D eigenvalue weighted by Gasteiger charge is 2.19. The number of imidazole rings is 1. The minimum atomic E-state index is -0.369. The molecule has 4 rings (SSSR count). The number of allylic oxidation sites excluding steroid dienone is 5. The van der Waals surface area contributed by atoms with E-state index in [1.165, 1.54) is 0 Å². The maximum absolute atomic E-state index is 16.2. The average Bonchev–Trinajstić information content (AvgIpc) is 3.35. The Labute approximate surface area is 228 Å². The van der Waals surface area contributed by atoms with Crippen LogP contribution in [0.2, 0.25) is 0 Å². The topological polar surface area (TPSA) is 91.4 Å². The van der Waals surface area contributed by atoms with Crippen LogP contribution >= 0.6 is 0 Å². The van der Waals surface area contributed by atoms with Crippen LogP contribution in [0.1, 0.15) is 44.1 Å². The van der Waals surface area contributed by atoms with Gasteiger partial charge in [0.05, 0.1) is 11.2 Å². The van der Waals surface area contributed by atoms with Crippen LogP contribution in [0.3, 0.4) is 0 Å². The third-order valence-electron chi connectivity index (χ3n) is 6.18. The van der Waals surface area contributed by atoms with E-state index in [1.807, 2.05) is 43.3 Å². The first-order chi connectivity index (χ1) is 18.8. The molecule has 7 nitrogen and oxygen atoms in total. The summed E-state index contributed by atoms with van der Waals surface area (Å²) in [6.07, 6.45) is 11.4. The maximum Gasteiger partial charge on any atom is 0.139 e. The zero-order valence-electron chi connectivity index (χ0n) is 22.8. The molecule has 0 aliphatic carbocycles. The summed E-state index contributed by atoms with van der Waals surface area (Å²) in [5, 5.41) is 6.31. The zero-order chi connectivity index (χ0) is 27.9. The highest BCUT2D eigenvalue weighted by molar-refractivity contribution is 5.88. The number of pyridine rings is 3. The fourth-order valence-corrected chi connectivity index (χ4v) is 4.41. The summed E-state index contributed by atoms with van der Waals surface area (Å²) < 4.78 is 16.2. The molecule has 0 aromatic carbocycles. The van der Waals surface area contributed by atoms with Gasteiger partial charge < -0.3 is 15.6 Å². The SMILES string of the molecule is C=C/C(=C\C(=C/C)c1cnc(NC)c(Cc2nc3c(-c4ccccn4)nccc3[nH]2)c1F)NC(=C)CC(C)C. The number of hydrogen-bond donors (Lipinski definition) is 3. The van der Waals surface area contributed by atoms with Gasteiger partial charge in [0.15, 0.2) is 0 Å². The van der Waals surface area contributed by atoms with E-state index in [0.717, 1.165) is 29.0 Å². The van der Waals surface area contributed by atoms with Gasteiger partial charge in [-0.25, -0.2) is 14.4 Å². The second-order valence-electron chi connectivity index (χ2n) is 9.57. The molecule has 0 unspecified atom stereocenters. The first-order valence-corrected chi connectivity index (χ1v) is 12.9. The largest absolute Gasteiger partial charge is 0.373 e. The Morgan fingerprint density at radius 1 is 1.15 bits per heavy atom. The Morgan fingerprint density at radius 2 is 1.97 bits per heavy atom. The highest BCUT2D eigenvalue weighted by atomic mass is 19.1. The molecule has 4 aromatic rings. The Kier molecular flexibility index (Phi) is 8.66. The Bertz CT molecular complexity index is 1550. The van der Waals surface area contributed by atoms with Crippen molar-refractivity contribution in [1.82, 2.24) is 30.2 Å². The fourth-order valence-electron chi connectivity index (χ4n) is 4.41. The van der Waals surface area contributed by atoms with Crippen molar-refractivity contribution in [1.29, 1.82) is 0 Å². The molecule has 0 atom stereocenters. The minimum absolute atomic E-state index is 0.206. The van der Waals surface area contributed by atoms with Crippen LogP contribution in [-0.2, 0) is 6.42 Å². The predicted molar refractivity (Wildman–Crippen MR) is 157 cm³/mol. The van der Waals surface area contributed by atoms with Crippen molar-refractivity contribution in [3.05, 3.63) is 108 Å². The molecule has 0 spiro atoms. The fraction of sp³-hybridized carbons (Fsp3) is 0.226. The molecule has 3 N–H and O–H groups in total. The number of aromatic amines is 1. The second kappa shape index (κ2) is 12.3. The molecule has 0 bridgehead atoms. The molecule has 4 heterocycles. The summed E-state index contributed by atoms with van der Waals surface area (Å²) >= 11 is 0. The standard InChI is InChI=1S/C31H34FN7/c1-7-21(16-22(8-2)37-20(5)15-19(3)4)24-18-36-31(33-6)23(28(24)32)17-27-38-26-12-14-35-29(30(26)39-27)25-11-9-10-13-34-25/h7-14,16,18-19,37H,2,5,15,17H2,1,3-4,6H3,(H,33,36)(H,38,39)/b21-7+,22-16+. The molecule has 39 heavy (non-hydrogen) atoms. The summed E-state index contributed by atoms with van der Waals surface area (Å²) in [4.78, 5) is 21.5. The van der Waals surface area contributed by atoms with E-state index >= 15 is 4.39 Å². The molecule has 0 saturated carbocycles. The number of fused-ring (bicyclic) bond motifs is 1. The Morgan fingerprint density at radius 3 is 2.64 bits per heavy atom. The van der Waals surface area contributed by atoms with E-state index in [4.69, 9.17) is 4.98 Å². The number of H-pyrrole nitrogens is 1. The van der Waals surface area contributed by atoms with Crippen LogP contribution in [0.4, 0.5) is 10.2 Å². The lowest BCUT2D eigenvalue weighted by molar-refractivity contribution is 0.607. The molecule has 0 fully saturated rings. The van der Waals surface area contributed by atoms with Crippen molar-refractivity contribution >= 4 is 22.4 Å². The van der Waals surface area contributed by atoms with Gasteiger partial charge in [0, 0.05) is 54.6 Å². The molecule has 0 saturated heterocycles. The normalized spacial score (nSPS) is 12.2. The summed E-state index contributed by atoms with van der Waals surface area (Å²) in [7, 11) is 1.73. The van der Waals surface area contributed by atoms with Crippen molar-refractivity contribution in [2.24, 2.45) is 5.92 Å². The third kappa shape index (κ3) is 6.29. The van der Waals surface area contributed by atoms with Crippen molar-refractivity contribution in [2.45, 2.75) is 33.6 Å². The number of halogens is 1. The van der Waals surface area contributed by atoms with Crippen LogP contribution in [-0.4, -0.2) is 32.0 Å². The predicted octanol–water partition coefficient (Wildman–Crippen LogP) is 6.81. The average molecular weight is 524 g/mol. The lowest BCUT2D eigenvalue weighted by atomic mass is 10.0. The van der Waals surface area contributed by atoms with E-state index < -0.39 is 0 Å². The van der Waals surface area contributed by atoms with Crippen LogP contribution < -0.4 is 10.6 Å². The van der Waals surface area contributed by atoms with E-state index in [2.05, 4.69) is 57.6 Å². The number of rotatable bonds is 11. The smallest absolute Gasteiger partial charge is 0.139 e. The second-order valence-corrected chi connectivity index (χ2v) is 9.57. The summed E-state index contributed by atoms with van der Waals surface area (Å²) in [5.41, 5.74) is 5.95. The van der Waals surface area contributed by atoms with Crippen LogP contribution in [0, 0.1) is 11.7 Å². The number of nitrogens with zero attached hydrogens (tertiary/aromatic N) is 4. The van der Waals surface area contributed by atoms with Gasteiger partial charge >= 0.3 is 0 Å². The van der Waals surface area contributed by atoms with Gasteiger partial charge in [-0.15, -0.1) is 0 Å². The molecule has 0 aliphatic heterocycles. The Balaban J connectivity index is 1.70. The monoisotopic (exact) mass is 523 g/mol. The lowest BCUT2D eigenvalue weighted by Gasteiger charge is -2.15. The van der Waals surface area contributed by atoms with Gasteiger partial charge in [-0.1, -0.05) is 39.1 Å². The number of anilines is 1. The zero-order valence-corrected chi connectivity index (χ0v) is 22.8. The molecule has 8 heteroatoms. The van der Waals surface area contributed by atoms with Crippen molar-refractivity contribution in [2.75, 3.05) is 12.4 Å².